The van der Waals surface area contributed by atoms with E-state index in [4.69, 9.17) is 4.74 Å². The molecule has 6 nitrogen and oxygen atoms in total. The highest BCUT2D eigenvalue weighted by Crippen LogP contribution is 2.28. The van der Waals surface area contributed by atoms with Crippen LogP contribution in [0.15, 0.2) is 48.7 Å². The van der Waals surface area contributed by atoms with E-state index in [1.54, 1.807) is 18.2 Å². The second kappa shape index (κ2) is 7.09. The number of ether oxygens (including phenoxy) is 1. The number of nitrogens with one attached hydrogen (secondary N) is 3. The van der Waals surface area contributed by atoms with Gasteiger partial charge in [-0.2, -0.15) is 0 Å². The lowest BCUT2D eigenvalue weighted by Gasteiger charge is -2.12. The predicted octanol–water partition coefficient (Wildman–Crippen LogP) is 3.32. The third-order valence-electron chi connectivity index (χ3n) is 3.82. The molecule has 3 aromatic rings. The number of methoxy groups -OCH3 is 1. The molecule has 3 N–H and O–H groups in total. The Labute approximate surface area is 145 Å². The first-order valence-corrected chi connectivity index (χ1v) is 7.87. The molecule has 0 aliphatic rings. The van der Waals surface area contributed by atoms with Crippen LogP contribution in [0.1, 0.15) is 12.5 Å². The monoisotopic (exact) mass is 337 g/mol. The van der Waals surface area contributed by atoms with Gasteiger partial charge >= 0.3 is 0 Å². The van der Waals surface area contributed by atoms with E-state index in [1.165, 1.54) is 14.0 Å². The van der Waals surface area contributed by atoms with Crippen LogP contribution < -0.4 is 15.4 Å². The second-order valence-electron chi connectivity index (χ2n) is 5.68. The summed E-state index contributed by atoms with van der Waals surface area (Å²) in [5.41, 5.74) is 3.04. The number of carbonyl (C=O) groups is 2. The van der Waals surface area contributed by atoms with E-state index in [9.17, 15) is 9.59 Å². The van der Waals surface area contributed by atoms with Crippen LogP contribution in [-0.4, -0.2) is 23.9 Å². The number of rotatable bonds is 5. The largest absolute Gasteiger partial charge is 0.495 e. The molecule has 0 unspecified atom stereocenters. The van der Waals surface area contributed by atoms with Gasteiger partial charge in [-0.25, -0.2) is 0 Å². The van der Waals surface area contributed by atoms with Gasteiger partial charge in [-0.1, -0.05) is 18.2 Å². The Morgan fingerprint density at radius 2 is 1.92 bits per heavy atom. The van der Waals surface area contributed by atoms with Crippen LogP contribution in [0.4, 0.5) is 11.4 Å². The number of anilines is 2. The first kappa shape index (κ1) is 16.6. The van der Waals surface area contributed by atoms with Crippen molar-refractivity contribution < 1.29 is 14.3 Å². The normalized spacial score (nSPS) is 10.5. The molecular weight excluding hydrogens is 318 g/mol. The Morgan fingerprint density at radius 1 is 1.12 bits per heavy atom. The number of H-pyrrole nitrogens is 1. The second-order valence-corrected chi connectivity index (χ2v) is 5.68. The molecule has 3 rings (SSSR count). The van der Waals surface area contributed by atoms with Crippen LogP contribution >= 0.6 is 0 Å². The van der Waals surface area contributed by atoms with E-state index in [2.05, 4.69) is 15.6 Å². The molecule has 0 atom stereocenters. The van der Waals surface area contributed by atoms with E-state index >= 15 is 0 Å². The minimum atomic E-state index is -0.208. The zero-order chi connectivity index (χ0) is 17.8. The molecule has 2 aromatic carbocycles. The Kier molecular flexibility index (Phi) is 4.70. The van der Waals surface area contributed by atoms with Crippen LogP contribution in [0.5, 0.6) is 5.75 Å². The van der Waals surface area contributed by atoms with Gasteiger partial charge in [0.05, 0.1) is 19.2 Å². The summed E-state index contributed by atoms with van der Waals surface area (Å²) in [4.78, 5) is 26.8. The third-order valence-corrected chi connectivity index (χ3v) is 3.82. The molecule has 0 spiro atoms. The van der Waals surface area contributed by atoms with Crippen molar-refractivity contribution in [1.29, 1.82) is 0 Å². The smallest absolute Gasteiger partial charge is 0.228 e. The van der Waals surface area contributed by atoms with Crippen LogP contribution in [0.25, 0.3) is 10.9 Å². The van der Waals surface area contributed by atoms with Crippen molar-refractivity contribution in [2.45, 2.75) is 13.3 Å². The summed E-state index contributed by atoms with van der Waals surface area (Å²) in [6.45, 7) is 1.42. The molecule has 2 amide bonds. The molecule has 0 aliphatic heterocycles. The van der Waals surface area contributed by atoms with Gasteiger partial charge in [0.2, 0.25) is 11.8 Å². The quantitative estimate of drug-likeness (QED) is 0.668. The lowest BCUT2D eigenvalue weighted by atomic mass is 10.1. The highest BCUT2D eigenvalue weighted by molar-refractivity contribution is 5.97. The predicted molar refractivity (Wildman–Crippen MR) is 97.9 cm³/mol. The number of hydrogen-bond donors (Lipinski definition) is 3. The summed E-state index contributed by atoms with van der Waals surface area (Å²) in [5, 5.41) is 6.57. The van der Waals surface area contributed by atoms with Gasteiger partial charge in [0.1, 0.15) is 5.75 Å². The first-order chi connectivity index (χ1) is 12.1. The van der Waals surface area contributed by atoms with Crippen molar-refractivity contribution in [2.24, 2.45) is 0 Å². The Bertz CT molecular complexity index is 931. The number of aromatic nitrogens is 1. The number of aromatic amines is 1. The maximum Gasteiger partial charge on any atom is 0.228 e. The molecule has 1 heterocycles. The molecule has 0 saturated heterocycles. The van der Waals surface area contributed by atoms with Crippen molar-refractivity contribution in [1.82, 2.24) is 4.98 Å². The molecule has 0 fully saturated rings. The number of fused-ring (bicyclic) bond motifs is 1. The molecule has 128 valence electrons. The fourth-order valence-corrected chi connectivity index (χ4v) is 2.73. The fourth-order valence-electron chi connectivity index (χ4n) is 2.73. The minimum Gasteiger partial charge on any atom is -0.495 e. The van der Waals surface area contributed by atoms with Crippen molar-refractivity contribution >= 4 is 34.1 Å². The van der Waals surface area contributed by atoms with Crippen LogP contribution in [0.2, 0.25) is 0 Å². The standard InChI is InChI=1S/C19H19N3O3/c1-12(23)21-17-10-14(7-8-18(17)25-2)22-19(24)9-13-11-20-16-6-4-3-5-15(13)16/h3-8,10-11,20H,9H2,1-2H3,(H,21,23)(H,22,24). The topological polar surface area (TPSA) is 83.2 Å². The zero-order valence-electron chi connectivity index (χ0n) is 14.1. The van der Waals surface area contributed by atoms with Gasteiger partial charge < -0.3 is 20.4 Å². The van der Waals surface area contributed by atoms with Crippen LogP contribution in [0, 0.1) is 0 Å². The van der Waals surface area contributed by atoms with Crippen molar-refractivity contribution in [2.75, 3.05) is 17.7 Å². The number of para-hydroxylation sites is 1. The van der Waals surface area contributed by atoms with E-state index in [-0.39, 0.29) is 18.2 Å². The number of benzene rings is 2. The van der Waals surface area contributed by atoms with E-state index < -0.39 is 0 Å². The highest BCUT2D eigenvalue weighted by Gasteiger charge is 2.11. The third kappa shape index (κ3) is 3.80. The molecular formula is C19H19N3O3. The first-order valence-electron chi connectivity index (χ1n) is 7.87. The number of hydrogen-bond acceptors (Lipinski definition) is 3. The van der Waals surface area contributed by atoms with Gasteiger partial charge in [-0.3, -0.25) is 9.59 Å². The summed E-state index contributed by atoms with van der Waals surface area (Å²) < 4.78 is 5.21. The SMILES string of the molecule is COc1ccc(NC(=O)Cc2c[nH]c3ccccc23)cc1NC(C)=O. The van der Waals surface area contributed by atoms with E-state index in [1.807, 2.05) is 30.5 Å². The summed E-state index contributed by atoms with van der Waals surface area (Å²) in [6, 6.07) is 13.0. The average Bonchev–Trinajstić information content (AvgIpc) is 2.98. The molecule has 0 bridgehead atoms. The molecule has 6 heteroatoms. The van der Waals surface area contributed by atoms with E-state index in [0.29, 0.717) is 17.1 Å². The van der Waals surface area contributed by atoms with Crippen molar-refractivity contribution in [3.05, 3.63) is 54.2 Å². The molecule has 25 heavy (non-hydrogen) atoms. The number of amides is 2. The lowest BCUT2D eigenvalue weighted by Crippen LogP contribution is -2.15. The van der Waals surface area contributed by atoms with Crippen molar-refractivity contribution in [3.63, 3.8) is 0 Å². The minimum absolute atomic E-state index is 0.135. The fraction of sp³-hybridized carbons (Fsp3) is 0.158. The maximum atomic E-state index is 12.4. The van der Waals surface area contributed by atoms with Crippen molar-refractivity contribution in [3.8, 4) is 5.75 Å². The summed E-state index contributed by atoms with van der Waals surface area (Å²) in [7, 11) is 1.52. The van der Waals surface area contributed by atoms with Gasteiger partial charge in [-0.05, 0) is 29.8 Å². The molecule has 0 saturated carbocycles. The van der Waals surface area contributed by atoms with Crippen LogP contribution in [0.3, 0.4) is 0 Å². The number of carbonyl (C=O) groups excluding carboxylic acids is 2. The zero-order valence-corrected chi connectivity index (χ0v) is 14.1. The molecule has 0 aliphatic carbocycles. The summed E-state index contributed by atoms with van der Waals surface area (Å²) in [6.07, 6.45) is 2.10. The van der Waals surface area contributed by atoms with Gasteiger partial charge in [-0.15, -0.1) is 0 Å². The van der Waals surface area contributed by atoms with Crippen LogP contribution in [-0.2, 0) is 16.0 Å². The summed E-state index contributed by atoms with van der Waals surface area (Å²) in [5.74, 6) is 0.189. The maximum absolute atomic E-state index is 12.4. The summed E-state index contributed by atoms with van der Waals surface area (Å²) >= 11 is 0. The average molecular weight is 337 g/mol. The Balaban J connectivity index is 1.75. The lowest BCUT2D eigenvalue weighted by molar-refractivity contribution is -0.115. The highest BCUT2D eigenvalue weighted by atomic mass is 16.5. The molecule has 1 aromatic heterocycles. The molecule has 0 radical (unpaired) electrons. The van der Waals surface area contributed by atoms with Gasteiger partial charge in [0, 0.05) is 29.7 Å². The Morgan fingerprint density at radius 3 is 2.68 bits per heavy atom. The van der Waals surface area contributed by atoms with E-state index in [0.717, 1.165) is 16.5 Å². The Hall–Kier alpha value is -3.28. The van der Waals surface area contributed by atoms with Gasteiger partial charge in [0.15, 0.2) is 0 Å². The van der Waals surface area contributed by atoms with Gasteiger partial charge in [0.25, 0.3) is 0 Å².